The SMILES string of the molecule is COc1ncc(-c2ccc3nc(N)cc(=O)n3c2)cc1NS(=O)(=O)c1sc(C[n+]2cc(-c3ccc4nc(N5CCOCC5)cc(=O)n4c3)cc(NS(=O)(=O)c3ccc(F)cc3Cl)c2OC)nc1C. The van der Waals surface area contributed by atoms with Crippen LogP contribution in [-0.2, 0) is 31.3 Å². The quantitative estimate of drug-likeness (QED) is 0.136. The highest BCUT2D eigenvalue weighted by Gasteiger charge is 2.30. The molecule has 0 atom stereocenters. The molecule has 0 amide bonds. The fraction of sp³-hybridized carbons (Fsp3) is 0.186. The van der Waals surface area contributed by atoms with Gasteiger partial charge in [-0.25, -0.2) is 41.2 Å². The molecule has 0 unspecified atom stereocenters. The van der Waals surface area contributed by atoms with Crippen LogP contribution in [0.25, 0.3) is 33.5 Å². The van der Waals surface area contributed by atoms with Crippen molar-refractivity contribution in [3.8, 4) is 34.0 Å². The lowest BCUT2D eigenvalue weighted by atomic mass is 10.1. The van der Waals surface area contributed by atoms with Crippen LogP contribution in [0.2, 0.25) is 5.02 Å². The molecule has 1 aliphatic heterocycles. The lowest BCUT2D eigenvalue weighted by Gasteiger charge is -2.27. The number of aromatic nitrogens is 7. The first-order chi connectivity index (χ1) is 32.5. The summed E-state index contributed by atoms with van der Waals surface area (Å²) in [6.45, 7) is 3.52. The maximum Gasteiger partial charge on any atom is 0.393 e. The topological polar surface area (TPSA) is 248 Å². The van der Waals surface area contributed by atoms with Crippen LogP contribution in [0.5, 0.6) is 11.8 Å². The van der Waals surface area contributed by atoms with Crippen LogP contribution in [-0.4, -0.2) is 86.1 Å². The summed E-state index contributed by atoms with van der Waals surface area (Å²) in [4.78, 5) is 45.5. The first-order valence-electron chi connectivity index (χ1n) is 20.3. The van der Waals surface area contributed by atoms with Crippen molar-refractivity contribution in [2.24, 2.45) is 0 Å². The summed E-state index contributed by atoms with van der Waals surface area (Å²) in [5.74, 6) is -0.229. The van der Waals surface area contributed by atoms with Crippen molar-refractivity contribution >= 4 is 77.3 Å². The van der Waals surface area contributed by atoms with Gasteiger partial charge in [0.1, 0.15) is 39.3 Å². The van der Waals surface area contributed by atoms with E-state index in [9.17, 15) is 30.8 Å². The van der Waals surface area contributed by atoms with E-state index >= 15 is 0 Å². The molecule has 0 saturated carbocycles. The van der Waals surface area contributed by atoms with E-state index in [1.54, 1.807) is 36.7 Å². The predicted molar refractivity (Wildman–Crippen MR) is 251 cm³/mol. The maximum absolute atomic E-state index is 14.2. The molecule has 1 aliphatic rings. The van der Waals surface area contributed by atoms with Gasteiger partial charge in [-0.1, -0.05) is 22.9 Å². The molecule has 7 aromatic heterocycles. The molecule has 1 saturated heterocycles. The van der Waals surface area contributed by atoms with E-state index in [0.29, 0.717) is 65.7 Å². The van der Waals surface area contributed by atoms with Crippen molar-refractivity contribution in [3.63, 3.8) is 0 Å². The number of thiazole rings is 1. The number of rotatable bonds is 13. The van der Waals surface area contributed by atoms with Crippen LogP contribution < -0.4 is 45.2 Å². The minimum Gasteiger partial charge on any atom is -0.480 e. The molecule has 4 N–H and O–H groups in total. The standard InChI is InChI=1S/C43H37ClFN11O9S3/c1-24-43(68(61,62)51-31-14-27(19-47-41(31)63-2)25-4-8-35-49-34(46)17-39(57)55(35)21-25)66-38(48-24)23-54-20-28(15-32(42(54)64-3)52-67(59,60)33-7-6-29(45)16-30(33)44)26-5-9-36-50-37(18-40(58)56(36)22-26)53-10-12-65-13-11-53/h4-9,14-22,51-52H,10-13,23H2,1-3H3,(H-,46,57)/p+1. The van der Waals surface area contributed by atoms with Crippen molar-refractivity contribution in [2.75, 3.05) is 60.6 Å². The highest BCUT2D eigenvalue weighted by molar-refractivity contribution is 7.94. The minimum atomic E-state index is -4.49. The molecule has 8 aromatic rings. The number of aryl methyl sites for hydroxylation is 1. The summed E-state index contributed by atoms with van der Waals surface area (Å²) in [6.07, 6.45) is 6.17. The summed E-state index contributed by atoms with van der Waals surface area (Å²) in [5, 5.41) is -0.101. The number of fused-ring (bicyclic) bond motifs is 2. The second-order valence-corrected chi connectivity index (χ2v) is 20.2. The molecule has 25 heteroatoms. The number of nitrogen functional groups attached to an aromatic ring is 1. The smallest absolute Gasteiger partial charge is 0.393 e. The van der Waals surface area contributed by atoms with Gasteiger partial charge in [-0.2, -0.15) is 4.57 Å². The zero-order valence-electron chi connectivity index (χ0n) is 36.0. The molecular weight excluding hydrogens is 965 g/mol. The van der Waals surface area contributed by atoms with Crippen LogP contribution in [0.15, 0.2) is 110 Å². The van der Waals surface area contributed by atoms with Gasteiger partial charge in [-0.05, 0) is 61.5 Å². The first kappa shape index (κ1) is 45.9. The van der Waals surface area contributed by atoms with Crippen LogP contribution in [0.3, 0.4) is 0 Å². The Kier molecular flexibility index (Phi) is 12.2. The molecule has 0 radical (unpaired) electrons. The number of anilines is 4. The lowest BCUT2D eigenvalue weighted by molar-refractivity contribution is -0.691. The molecule has 0 bridgehead atoms. The molecule has 350 valence electrons. The number of nitrogens with zero attached hydrogens (tertiary/aromatic N) is 8. The van der Waals surface area contributed by atoms with Crippen LogP contribution >= 0.6 is 22.9 Å². The van der Waals surface area contributed by atoms with Gasteiger partial charge in [-0.15, -0.1) is 0 Å². The number of nitrogens with two attached hydrogens (primary N) is 1. The summed E-state index contributed by atoms with van der Waals surface area (Å²) in [7, 11) is -6.22. The maximum atomic E-state index is 14.2. The Morgan fingerprint density at radius 2 is 1.49 bits per heavy atom. The van der Waals surface area contributed by atoms with Gasteiger partial charge >= 0.3 is 5.88 Å². The number of sulfonamides is 2. The summed E-state index contributed by atoms with van der Waals surface area (Å²) in [5.41, 5.74) is 7.50. The molecule has 20 nitrogen and oxygen atoms in total. The Hall–Kier alpha value is -7.25. The molecule has 1 aromatic carbocycles. The predicted octanol–water partition coefficient (Wildman–Crippen LogP) is 4.36. The third-order valence-corrected chi connectivity index (χ3v) is 15.6. The number of ether oxygens (including phenoxy) is 3. The second kappa shape index (κ2) is 18.1. The molecule has 0 aliphatic carbocycles. The first-order valence-corrected chi connectivity index (χ1v) is 24.4. The zero-order valence-corrected chi connectivity index (χ0v) is 39.2. The number of hydrogen-bond donors (Lipinski definition) is 3. The van der Waals surface area contributed by atoms with Gasteiger partial charge in [0, 0.05) is 66.1 Å². The highest BCUT2D eigenvalue weighted by Crippen LogP contribution is 2.35. The Morgan fingerprint density at radius 3 is 2.18 bits per heavy atom. The molecule has 9 rings (SSSR count). The van der Waals surface area contributed by atoms with Crippen molar-refractivity contribution in [1.82, 2.24) is 28.7 Å². The third-order valence-electron chi connectivity index (χ3n) is 10.7. The average Bonchev–Trinajstić information content (AvgIpc) is 3.68. The van der Waals surface area contributed by atoms with Crippen molar-refractivity contribution in [3.05, 3.63) is 134 Å². The van der Waals surface area contributed by atoms with Gasteiger partial charge in [0.25, 0.3) is 31.2 Å². The Bertz CT molecular complexity index is 3680. The van der Waals surface area contributed by atoms with Crippen molar-refractivity contribution < 1.29 is 40.0 Å². The fourth-order valence-corrected chi connectivity index (χ4v) is 11.7. The Balaban J connectivity index is 1.08. The molecule has 0 spiro atoms. The minimum absolute atomic E-state index is 0.00818. The molecule has 1 fully saturated rings. The van der Waals surface area contributed by atoms with E-state index in [4.69, 9.17) is 36.5 Å². The monoisotopic (exact) mass is 1000 g/mol. The van der Waals surface area contributed by atoms with E-state index in [2.05, 4.69) is 24.4 Å². The van der Waals surface area contributed by atoms with Gasteiger partial charge in [0.05, 0.1) is 38.1 Å². The van der Waals surface area contributed by atoms with E-state index < -0.39 is 36.3 Å². The van der Waals surface area contributed by atoms with Gasteiger partial charge in [0.15, 0.2) is 21.1 Å². The molecule has 8 heterocycles. The summed E-state index contributed by atoms with van der Waals surface area (Å²) in [6, 6.07) is 15.1. The van der Waals surface area contributed by atoms with Crippen LogP contribution in [0, 0.1) is 12.7 Å². The fourth-order valence-electron chi connectivity index (χ4n) is 7.55. The van der Waals surface area contributed by atoms with Gasteiger partial charge in [-0.3, -0.25) is 27.8 Å². The normalized spacial score (nSPS) is 13.2. The third kappa shape index (κ3) is 9.10. The number of nitrogens with one attached hydrogen (secondary N) is 2. The summed E-state index contributed by atoms with van der Waals surface area (Å²) < 4.78 is 95.8. The van der Waals surface area contributed by atoms with Crippen molar-refractivity contribution in [1.29, 1.82) is 0 Å². The van der Waals surface area contributed by atoms with Crippen LogP contribution in [0.4, 0.5) is 27.4 Å². The van der Waals surface area contributed by atoms with E-state index in [1.165, 1.54) is 71.2 Å². The second-order valence-electron chi connectivity index (χ2n) is 15.2. The molecular formula is C43H38ClFN11O9S3+. The average molecular weight is 1000 g/mol. The Morgan fingerprint density at radius 1 is 0.824 bits per heavy atom. The van der Waals surface area contributed by atoms with Crippen LogP contribution in [0.1, 0.15) is 10.7 Å². The van der Waals surface area contributed by atoms with Gasteiger partial charge in [0.2, 0.25) is 12.4 Å². The molecule has 68 heavy (non-hydrogen) atoms. The highest BCUT2D eigenvalue weighted by atomic mass is 35.5. The lowest BCUT2D eigenvalue weighted by Crippen LogP contribution is -2.37. The number of methoxy groups -OCH3 is 2. The van der Waals surface area contributed by atoms with E-state index in [1.807, 2.05) is 4.90 Å². The largest absolute Gasteiger partial charge is 0.480 e. The number of pyridine rings is 4. The summed E-state index contributed by atoms with van der Waals surface area (Å²) >= 11 is 7.05. The number of hydrogen-bond acceptors (Lipinski definition) is 16. The Labute approximate surface area is 395 Å². The number of benzene rings is 1. The van der Waals surface area contributed by atoms with Crippen molar-refractivity contribution in [2.45, 2.75) is 22.6 Å². The number of halogens is 2. The van der Waals surface area contributed by atoms with Gasteiger partial charge < -0.3 is 24.8 Å². The number of morpholine rings is 1. The zero-order chi connectivity index (χ0) is 48.1. The van der Waals surface area contributed by atoms with E-state index in [0.717, 1.165) is 29.5 Å². The van der Waals surface area contributed by atoms with E-state index in [-0.39, 0.29) is 61.0 Å².